The predicted molar refractivity (Wildman–Crippen MR) is 128 cm³/mol. The van der Waals surface area contributed by atoms with Crippen molar-refractivity contribution in [3.63, 3.8) is 0 Å². The second-order valence-electron chi connectivity index (χ2n) is 8.83. The summed E-state index contributed by atoms with van der Waals surface area (Å²) < 4.78 is 5.49. The maximum absolute atomic E-state index is 13.1. The van der Waals surface area contributed by atoms with Crippen molar-refractivity contribution < 1.29 is 4.79 Å². The molecule has 1 saturated heterocycles. The third-order valence-corrected chi connectivity index (χ3v) is 6.71. The molecule has 0 spiro atoms. The van der Waals surface area contributed by atoms with Crippen LogP contribution in [0.15, 0.2) is 47.4 Å². The average molecular weight is 447 g/mol. The van der Waals surface area contributed by atoms with Gasteiger partial charge in [-0.3, -0.25) is 18.8 Å². The molecule has 4 aromatic rings. The van der Waals surface area contributed by atoms with Crippen LogP contribution in [0.5, 0.6) is 0 Å². The van der Waals surface area contributed by atoms with E-state index in [1.165, 1.54) is 11.3 Å². The largest absolute Gasteiger partial charge is 0.339 e. The molecule has 0 saturated carbocycles. The molecule has 172 valence electrons. The van der Waals surface area contributed by atoms with Crippen molar-refractivity contribution in [3.8, 4) is 0 Å². The van der Waals surface area contributed by atoms with Crippen molar-refractivity contribution in [3.05, 3.63) is 70.0 Å². The molecule has 0 bridgehead atoms. The van der Waals surface area contributed by atoms with E-state index in [1.807, 2.05) is 36.1 Å². The number of amides is 1. The molecule has 1 fully saturated rings. The first kappa shape index (κ1) is 21.5. The molecule has 33 heavy (non-hydrogen) atoms. The van der Waals surface area contributed by atoms with E-state index in [2.05, 4.69) is 41.5 Å². The second kappa shape index (κ2) is 8.51. The highest BCUT2D eigenvalue weighted by Crippen LogP contribution is 2.17. The number of aromatic nitrogens is 4. The number of hydrogen-bond acceptors (Lipinski definition) is 4. The van der Waals surface area contributed by atoms with Crippen molar-refractivity contribution in [2.45, 2.75) is 40.4 Å². The summed E-state index contributed by atoms with van der Waals surface area (Å²) in [5.41, 5.74) is 6.00. The zero-order valence-electron chi connectivity index (χ0n) is 19.5. The van der Waals surface area contributed by atoms with Gasteiger partial charge in [-0.1, -0.05) is 12.1 Å². The van der Waals surface area contributed by atoms with Gasteiger partial charge < -0.3 is 9.30 Å². The Morgan fingerprint density at radius 3 is 2.39 bits per heavy atom. The van der Waals surface area contributed by atoms with E-state index in [0.29, 0.717) is 19.6 Å². The highest BCUT2D eigenvalue weighted by atomic mass is 16.2. The molecular weight excluding hydrogens is 416 g/mol. The number of piperazine rings is 1. The second-order valence-corrected chi connectivity index (χ2v) is 8.83. The molecule has 0 unspecified atom stereocenters. The van der Waals surface area contributed by atoms with Crippen LogP contribution in [-0.2, 0) is 24.4 Å². The van der Waals surface area contributed by atoms with Crippen LogP contribution in [0.3, 0.4) is 0 Å². The fourth-order valence-corrected chi connectivity index (χ4v) is 4.84. The smallest absolute Gasteiger partial charge is 0.329 e. The molecule has 3 aromatic heterocycles. The lowest BCUT2D eigenvalue weighted by molar-refractivity contribution is -0.133. The Hall–Kier alpha value is -3.39. The normalized spacial score (nSPS) is 15.1. The van der Waals surface area contributed by atoms with Crippen LogP contribution in [0.25, 0.3) is 16.7 Å². The maximum Gasteiger partial charge on any atom is 0.329 e. The molecular formula is C25H30N6O2. The zero-order valence-corrected chi connectivity index (χ0v) is 19.5. The molecule has 5 rings (SSSR count). The van der Waals surface area contributed by atoms with Crippen LogP contribution in [0, 0.1) is 13.8 Å². The first-order chi connectivity index (χ1) is 16.0. The quantitative estimate of drug-likeness (QED) is 0.472. The Bertz CT molecular complexity index is 1390. The summed E-state index contributed by atoms with van der Waals surface area (Å²) in [4.78, 5) is 34.9. The Morgan fingerprint density at radius 1 is 1.00 bits per heavy atom. The van der Waals surface area contributed by atoms with Gasteiger partial charge in [0.05, 0.1) is 22.4 Å². The first-order valence-corrected chi connectivity index (χ1v) is 11.6. The van der Waals surface area contributed by atoms with Gasteiger partial charge in [0.1, 0.15) is 12.2 Å². The number of carbonyl (C=O) groups is 1. The van der Waals surface area contributed by atoms with Gasteiger partial charge in [-0.05, 0) is 50.6 Å². The van der Waals surface area contributed by atoms with E-state index in [0.717, 1.165) is 42.0 Å². The molecule has 1 aliphatic heterocycles. The van der Waals surface area contributed by atoms with Crippen LogP contribution in [0.1, 0.15) is 23.9 Å². The Kier molecular flexibility index (Phi) is 5.54. The number of rotatable bonds is 5. The lowest BCUT2D eigenvalue weighted by atomic mass is 10.2. The van der Waals surface area contributed by atoms with E-state index in [4.69, 9.17) is 4.98 Å². The summed E-state index contributed by atoms with van der Waals surface area (Å²) in [6, 6.07) is 11.9. The molecule has 4 heterocycles. The minimum Gasteiger partial charge on any atom is -0.339 e. The number of benzene rings is 1. The van der Waals surface area contributed by atoms with E-state index in [-0.39, 0.29) is 18.1 Å². The molecule has 1 amide bonds. The summed E-state index contributed by atoms with van der Waals surface area (Å²) in [5.74, 6) is -0.00258. The minimum absolute atomic E-state index is 0.00258. The molecule has 0 radical (unpaired) electrons. The fourth-order valence-electron chi connectivity index (χ4n) is 4.84. The lowest BCUT2D eigenvalue weighted by Crippen LogP contribution is -2.49. The third-order valence-electron chi connectivity index (χ3n) is 6.71. The van der Waals surface area contributed by atoms with Gasteiger partial charge >= 0.3 is 5.69 Å². The standard InChI is InChI=1S/C25H30N6O2/c1-4-29-20-7-5-6-8-21(20)31(25(29)33)17-24(32)28-13-11-27(12-14-28)16-22-19(3)26-23-15-18(2)9-10-30(22)23/h5-10,15H,4,11-14,16-17H2,1-3H3. The molecule has 0 N–H and O–H groups in total. The van der Waals surface area contributed by atoms with E-state index >= 15 is 0 Å². The molecule has 1 aromatic carbocycles. The number of imidazole rings is 2. The molecule has 0 atom stereocenters. The number of para-hydroxylation sites is 2. The predicted octanol–water partition coefficient (Wildman–Crippen LogP) is 2.43. The van der Waals surface area contributed by atoms with Crippen molar-refractivity contribution in [1.29, 1.82) is 0 Å². The van der Waals surface area contributed by atoms with E-state index < -0.39 is 0 Å². The molecule has 0 aliphatic carbocycles. The Balaban J connectivity index is 1.26. The minimum atomic E-state index is -0.121. The lowest BCUT2D eigenvalue weighted by Gasteiger charge is -2.34. The van der Waals surface area contributed by atoms with Crippen LogP contribution < -0.4 is 5.69 Å². The van der Waals surface area contributed by atoms with Crippen LogP contribution >= 0.6 is 0 Å². The fraction of sp³-hybridized carbons (Fsp3) is 0.400. The summed E-state index contributed by atoms with van der Waals surface area (Å²) in [5, 5.41) is 0. The van der Waals surface area contributed by atoms with E-state index in [1.54, 1.807) is 9.13 Å². The highest BCUT2D eigenvalue weighted by Gasteiger charge is 2.24. The molecule has 8 heteroatoms. The SMILES string of the molecule is CCn1c(=O)n(CC(=O)N2CCN(Cc3c(C)nc4cc(C)ccn34)CC2)c2ccccc21. The summed E-state index contributed by atoms with van der Waals surface area (Å²) in [6.07, 6.45) is 2.09. The number of carbonyl (C=O) groups excluding carboxylic acids is 1. The Morgan fingerprint density at radius 2 is 1.70 bits per heavy atom. The van der Waals surface area contributed by atoms with E-state index in [9.17, 15) is 9.59 Å². The first-order valence-electron chi connectivity index (χ1n) is 11.6. The average Bonchev–Trinajstić information content (AvgIpc) is 3.26. The van der Waals surface area contributed by atoms with Gasteiger partial charge in [0.25, 0.3) is 0 Å². The summed E-state index contributed by atoms with van der Waals surface area (Å²) in [7, 11) is 0. The van der Waals surface area contributed by atoms with Gasteiger partial charge in [0.15, 0.2) is 0 Å². The van der Waals surface area contributed by atoms with Gasteiger partial charge in [-0.25, -0.2) is 9.78 Å². The van der Waals surface area contributed by atoms with Crippen molar-refractivity contribution in [2.75, 3.05) is 26.2 Å². The number of hydrogen-bond donors (Lipinski definition) is 0. The van der Waals surface area contributed by atoms with Crippen molar-refractivity contribution in [2.24, 2.45) is 0 Å². The van der Waals surface area contributed by atoms with Gasteiger partial charge in [0, 0.05) is 45.5 Å². The Labute approximate surface area is 192 Å². The number of nitrogens with zero attached hydrogens (tertiary/aromatic N) is 6. The monoisotopic (exact) mass is 446 g/mol. The summed E-state index contributed by atoms with van der Waals surface area (Å²) >= 11 is 0. The van der Waals surface area contributed by atoms with Gasteiger partial charge in [0.2, 0.25) is 5.91 Å². The van der Waals surface area contributed by atoms with Crippen LogP contribution in [0.4, 0.5) is 0 Å². The maximum atomic E-state index is 13.1. The highest BCUT2D eigenvalue weighted by molar-refractivity contribution is 5.81. The van der Waals surface area contributed by atoms with Gasteiger partial charge in [-0.2, -0.15) is 0 Å². The van der Waals surface area contributed by atoms with Crippen molar-refractivity contribution >= 4 is 22.6 Å². The number of pyridine rings is 1. The van der Waals surface area contributed by atoms with Crippen LogP contribution in [0.2, 0.25) is 0 Å². The molecule has 8 nitrogen and oxygen atoms in total. The zero-order chi connectivity index (χ0) is 23.1. The summed E-state index contributed by atoms with van der Waals surface area (Å²) in [6.45, 7) is 10.5. The topological polar surface area (TPSA) is 67.8 Å². The van der Waals surface area contributed by atoms with Crippen LogP contribution in [-0.4, -0.2) is 60.4 Å². The van der Waals surface area contributed by atoms with Gasteiger partial charge in [-0.15, -0.1) is 0 Å². The third kappa shape index (κ3) is 3.84. The number of aryl methyl sites for hydroxylation is 3. The van der Waals surface area contributed by atoms with Crippen molar-refractivity contribution in [1.82, 2.24) is 28.3 Å². The molecule has 1 aliphatic rings. The number of fused-ring (bicyclic) bond motifs is 2.